The van der Waals surface area contributed by atoms with Gasteiger partial charge >= 0.3 is 0 Å². The molecule has 0 aromatic carbocycles. The van der Waals surface area contributed by atoms with Crippen LogP contribution in [0.4, 0.5) is 0 Å². The highest BCUT2D eigenvalue weighted by molar-refractivity contribution is 4.59. The second-order valence-corrected chi connectivity index (χ2v) is 5.59. The van der Waals surface area contributed by atoms with Crippen LogP contribution in [0.5, 0.6) is 0 Å². The van der Waals surface area contributed by atoms with Crippen molar-refractivity contribution in [3.8, 4) is 0 Å². The van der Waals surface area contributed by atoms with Crippen LogP contribution in [0.2, 0.25) is 0 Å². The number of halogens is 1. The van der Waals surface area contributed by atoms with Crippen LogP contribution in [0.3, 0.4) is 0 Å². The molecule has 12 heavy (non-hydrogen) atoms. The molecular formula is C10H23IN+. The first-order valence-electron chi connectivity index (χ1n) is 5.06. The Kier molecular flexibility index (Phi) is 8.77. The largest absolute Gasteiger partial charge is 0.330 e. The Balaban J connectivity index is 3.24. The summed E-state index contributed by atoms with van der Waals surface area (Å²) in [5.41, 5.74) is 5.56. The first kappa shape index (κ1) is 12.7. The van der Waals surface area contributed by atoms with Gasteiger partial charge in [0.15, 0.2) is 3.92 Å². The molecule has 1 nitrogen and oxygen atoms in total. The van der Waals surface area contributed by atoms with E-state index in [1.807, 2.05) is 0 Å². The fourth-order valence-corrected chi connectivity index (χ4v) is 2.03. The summed E-state index contributed by atoms with van der Waals surface area (Å²) in [4.78, 5) is 0. The first-order chi connectivity index (χ1) is 5.70. The van der Waals surface area contributed by atoms with Gasteiger partial charge in [-0.2, -0.15) is 0 Å². The molecule has 0 aliphatic carbocycles. The Labute approximate surface area is 90.6 Å². The van der Waals surface area contributed by atoms with Gasteiger partial charge in [0, 0.05) is 0 Å². The minimum Gasteiger partial charge on any atom is -0.330 e. The van der Waals surface area contributed by atoms with Crippen molar-refractivity contribution in [2.45, 2.75) is 49.9 Å². The van der Waals surface area contributed by atoms with Gasteiger partial charge in [-0.15, -0.1) is 0 Å². The molecule has 2 N–H and O–H groups in total. The molecule has 2 unspecified atom stereocenters. The van der Waals surface area contributed by atoms with Crippen LogP contribution >= 0.6 is 0 Å². The molecule has 2 atom stereocenters. The second kappa shape index (κ2) is 8.30. The highest BCUT2D eigenvalue weighted by atomic mass is 127. The van der Waals surface area contributed by atoms with E-state index in [9.17, 15) is 0 Å². The summed E-state index contributed by atoms with van der Waals surface area (Å²) in [6, 6.07) is 0. The minimum atomic E-state index is 0.718. The molecule has 74 valence electrons. The third-order valence-electron chi connectivity index (χ3n) is 2.26. The van der Waals surface area contributed by atoms with Gasteiger partial charge in [0.1, 0.15) is 0 Å². The monoisotopic (exact) mass is 284 g/mol. The number of hydrogen-bond acceptors (Lipinski definition) is 1. The van der Waals surface area contributed by atoms with E-state index in [2.05, 4.69) is 36.4 Å². The number of unbranched alkanes of at least 4 members (excludes halogenated alkanes) is 1. The van der Waals surface area contributed by atoms with Gasteiger partial charge in [-0.1, -0.05) is 20.3 Å². The van der Waals surface area contributed by atoms with Crippen LogP contribution in [0.15, 0.2) is 0 Å². The minimum absolute atomic E-state index is 0.718. The predicted octanol–water partition coefficient (Wildman–Crippen LogP) is -0.794. The van der Waals surface area contributed by atoms with Crippen molar-refractivity contribution in [3.05, 3.63) is 0 Å². The molecule has 0 bridgehead atoms. The Bertz CT molecular complexity index is 95.8. The zero-order valence-corrected chi connectivity index (χ0v) is 10.7. The van der Waals surface area contributed by atoms with Crippen LogP contribution in [-0.2, 0) is 0 Å². The van der Waals surface area contributed by atoms with E-state index in [0.29, 0.717) is 0 Å². The maximum atomic E-state index is 5.56. The Morgan fingerprint density at radius 1 is 1.25 bits per heavy atom. The third kappa shape index (κ3) is 7.35. The average molecular weight is 284 g/mol. The van der Waals surface area contributed by atoms with Crippen LogP contribution in [0.1, 0.15) is 46.0 Å². The summed E-state index contributed by atoms with van der Waals surface area (Å²) in [5.74, 6) is 0.718. The van der Waals surface area contributed by atoms with Gasteiger partial charge in [-0.3, -0.25) is 0 Å². The predicted molar refractivity (Wildman–Crippen MR) is 52.2 cm³/mol. The van der Waals surface area contributed by atoms with Crippen LogP contribution in [0, 0.1) is 5.92 Å². The zero-order valence-electron chi connectivity index (χ0n) is 8.38. The maximum Gasteiger partial charge on any atom is 0.255 e. The third-order valence-corrected chi connectivity index (χ3v) is 3.61. The molecule has 0 rings (SSSR count). The highest BCUT2D eigenvalue weighted by Gasteiger charge is 2.12. The molecule has 0 aliphatic rings. The summed E-state index contributed by atoms with van der Waals surface area (Å²) in [7, 11) is 0. The van der Waals surface area contributed by atoms with Crippen molar-refractivity contribution in [2.75, 3.05) is 6.54 Å². The molecule has 0 aliphatic heterocycles. The van der Waals surface area contributed by atoms with Gasteiger partial charge in [-0.05, 0) is 38.1 Å². The second-order valence-electron chi connectivity index (χ2n) is 3.68. The van der Waals surface area contributed by atoms with Crippen molar-refractivity contribution in [2.24, 2.45) is 11.7 Å². The smallest absolute Gasteiger partial charge is 0.255 e. The lowest BCUT2D eigenvalue weighted by Crippen LogP contribution is -3.39. The molecule has 0 fully saturated rings. The van der Waals surface area contributed by atoms with Gasteiger partial charge in [-0.25, -0.2) is 0 Å². The van der Waals surface area contributed by atoms with E-state index in [1.54, 1.807) is 0 Å². The van der Waals surface area contributed by atoms with E-state index in [-0.39, 0.29) is 0 Å². The molecule has 0 aromatic rings. The van der Waals surface area contributed by atoms with E-state index < -0.39 is 0 Å². The van der Waals surface area contributed by atoms with Crippen molar-refractivity contribution in [1.82, 2.24) is 0 Å². The van der Waals surface area contributed by atoms with E-state index >= 15 is 0 Å². The molecule has 0 aromatic heterocycles. The van der Waals surface area contributed by atoms with Gasteiger partial charge in [0.2, 0.25) is 0 Å². The summed E-state index contributed by atoms with van der Waals surface area (Å²) in [5, 5.41) is 0. The fraction of sp³-hybridized carbons (Fsp3) is 1.00. The van der Waals surface area contributed by atoms with Crippen molar-refractivity contribution >= 4 is 0 Å². The molecule has 0 saturated heterocycles. The molecular weight excluding hydrogens is 261 g/mol. The zero-order chi connectivity index (χ0) is 9.40. The standard InChI is InChI=1S/C10H23IN/c1-3-4-5-10(11)7-6-9(2)8-12/h9-11H,3-8,12H2,1-2H3/q+1. The van der Waals surface area contributed by atoms with E-state index in [0.717, 1.165) is 16.4 Å². The number of rotatable bonds is 7. The summed E-state index contributed by atoms with van der Waals surface area (Å²) >= 11 is 2.29. The lowest BCUT2D eigenvalue weighted by atomic mass is 10.0. The maximum absolute atomic E-state index is 5.56. The lowest BCUT2D eigenvalue weighted by molar-refractivity contribution is -0.423. The summed E-state index contributed by atoms with van der Waals surface area (Å²) in [6.07, 6.45) is 6.80. The average Bonchev–Trinajstić information content (AvgIpc) is 2.10. The van der Waals surface area contributed by atoms with E-state index in [4.69, 9.17) is 5.73 Å². The highest BCUT2D eigenvalue weighted by Crippen LogP contribution is 2.07. The fourth-order valence-electron chi connectivity index (χ4n) is 1.16. The van der Waals surface area contributed by atoms with Crippen LogP contribution < -0.4 is 28.3 Å². The molecule has 0 saturated carbocycles. The number of nitrogens with two attached hydrogens (primary N) is 1. The van der Waals surface area contributed by atoms with Crippen molar-refractivity contribution in [1.29, 1.82) is 0 Å². The van der Waals surface area contributed by atoms with Crippen molar-refractivity contribution in [3.63, 3.8) is 0 Å². The quantitative estimate of drug-likeness (QED) is 0.481. The van der Waals surface area contributed by atoms with Gasteiger partial charge in [0.25, 0.3) is 22.6 Å². The Morgan fingerprint density at radius 3 is 2.42 bits per heavy atom. The molecule has 0 spiro atoms. The van der Waals surface area contributed by atoms with Crippen LogP contribution in [0.25, 0.3) is 0 Å². The Hall–Kier alpha value is 0.690. The number of hydrogen-bond donors (Lipinski definition) is 1. The van der Waals surface area contributed by atoms with Gasteiger partial charge in [0.05, 0.1) is 0 Å². The summed E-state index contributed by atoms with van der Waals surface area (Å²) in [6.45, 7) is 5.35. The molecule has 2 heteroatoms. The molecule has 0 radical (unpaired) electrons. The van der Waals surface area contributed by atoms with E-state index in [1.165, 1.54) is 32.1 Å². The molecule has 0 heterocycles. The first-order valence-corrected chi connectivity index (χ1v) is 6.41. The Morgan fingerprint density at radius 2 is 1.92 bits per heavy atom. The molecule has 0 amide bonds. The topological polar surface area (TPSA) is 26.0 Å². The SMILES string of the molecule is CCCCC([IH+])CCC(C)CN. The lowest BCUT2D eigenvalue weighted by Gasteiger charge is -2.07. The number of alkyl halides is 1. The van der Waals surface area contributed by atoms with Crippen LogP contribution in [-0.4, -0.2) is 10.5 Å². The normalized spacial score (nSPS) is 16.0. The van der Waals surface area contributed by atoms with Crippen molar-refractivity contribution < 1.29 is 22.6 Å². The summed E-state index contributed by atoms with van der Waals surface area (Å²) < 4.78 is 0.912. The van der Waals surface area contributed by atoms with Gasteiger partial charge < -0.3 is 5.73 Å².